The minimum absolute atomic E-state index is 0.0420. The highest BCUT2D eigenvalue weighted by Gasteiger charge is 2.32. The summed E-state index contributed by atoms with van der Waals surface area (Å²) in [6.45, 7) is 1.42. The van der Waals surface area contributed by atoms with Gasteiger partial charge in [-0.15, -0.1) is 0 Å². The van der Waals surface area contributed by atoms with E-state index in [1.54, 1.807) is 6.07 Å². The predicted molar refractivity (Wildman–Crippen MR) is 101 cm³/mol. The Balaban J connectivity index is 1.33. The SMILES string of the molecule is O=C(C1COc2ccc(Cl)cc2C1)N1CCC(Oc2ccc(F)cc2F)CC1. The molecule has 28 heavy (non-hydrogen) atoms. The van der Waals surface area contributed by atoms with Crippen LogP contribution >= 0.6 is 11.6 Å². The van der Waals surface area contributed by atoms with Crippen LogP contribution in [0.3, 0.4) is 0 Å². The summed E-state index contributed by atoms with van der Waals surface area (Å²) in [5, 5.41) is 0.626. The molecule has 1 atom stereocenters. The molecule has 2 aliphatic heterocycles. The Morgan fingerprint density at radius 1 is 1.14 bits per heavy atom. The van der Waals surface area contributed by atoms with Crippen molar-refractivity contribution in [3.63, 3.8) is 0 Å². The van der Waals surface area contributed by atoms with Crippen LogP contribution in [0.2, 0.25) is 5.02 Å². The monoisotopic (exact) mass is 407 g/mol. The molecule has 0 spiro atoms. The second kappa shape index (κ2) is 7.95. The van der Waals surface area contributed by atoms with Crippen molar-refractivity contribution in [2.24, 2.45) is 5.92 Å². The molecule has 148 valence electrons. The van der Waals surface area contributed by atoms with Crippen LogP contribution < -0.4 is 9.47 Å². The van der Waals surface area contributed by atoms with Crippen LogP contribution in [0.25, 0.3) is 0 Å². The molecule has 0 N–H and O–H groups in total. The topological polar surface area (TPSA) is 38.8 Å². The molecule has 1 amide bonds. The van der Waals surface area contributed by atoms with E-state index in [9.17, 15) is 13.6 Å². The number of ether oxygens (including phenoxy) is 2. The molecule has 1 fully saturated rings. The first-order chi connectivity index (χ1) is 13.5. The number of amides is 1. The third-order valence-electron chi connectivity index (χ3n) is 5.22. The van der Waals surface area contributed by atoms with E-state index < -0.39 is 11.6 Å². The highest BCUT2D eigenvalue weighted by molar-refractivity contribution is 6.30. The number of hydrogen-bond donors (Lipinski definition) is 0. The van der Waals surface area contributed by atoms with Gasteiger partial charge in [-0.3, -0.25) is 4.79 Å². The molecular formula is C21H20ClF2NO3. The van der Waals surface area contributed by atoms with E-state index in [0.29, 0.717) is 44.0 Å². The number of benzene rings is 2. The number of hydrogen-bond acceptors (Lipinski definition) is 3. The van der Waals surface area contributed by atoms with Gasteiger partial charge < -0.3 is 14.4 Å². The number of fused-ring (bicyclic) bond motifs is 1. The number of nitrogens with zero attached hydrogens (tertiary/aromatic N) is 1. The third-order valence-corrected chi connectivity index (χ3v) is 5.45. The zero-order valence-electron chi connectivity index (χ0n) is 15.2. The molecule has 0 bridgehead atoms. The minimum Gasteiger partial charge on any atom is -0.492 e. The Morgan fingerprint density at radius 3 is 2.68 bits per heavy atom. The molecule has 1 saturated heterocycles. The van der Waals surface area contributed by atoms with Gasteiger partial charge >= 0.3 is 0 Å². The van der Waals surface area contributed by atoms with Crippen LogP contribution in [-0.4, -0.2) is 36.6 Å². The maximum absolute atomic E-state index is 13.8. The second-order valence-electron chi connectivity index (χ2n) is 7.18. The van der Waals surface area contributed by atoms with E-state index in [4.69, 9.17) is 21.1 Å². The van der Waals surface area contributed by atoms with Crippen LogP contribution in [0.4, 0.5) is 8.78 Å². The Hall–Kier alpha value is -2.34. The van der Waals surface area contributed by atoms with Gasteiger partial charge in [0, 0.05) is 37.0 Å². The van der Waals surface area contributed by atoms with Gasteiger partial charge in [0.05, 0.1) is 5.92 Å². The molecule has 0 aromatic heterocycles. The Kier molecular flexibility index (Phi) is 5.40. The lowest BCUT2D eigenvalue weighted by Gasteiger charge is -2.35. The summed E-state index contributed by atoms with van der Waals surface area (Å²) < 4.78 is 38.1. The van der Waals surface area contributed by atoms with Gasteiger partial charge in [-0.2, -0.15) is 0 Å². The van der Waals surface area contributed by atoms with Gasteiger partial charge in [0.15, 0.2) is 11.6 Å². The molecule has 2 aromatic carbocycles. The Morgan fingerprint density at radius 2 is 1.93 bits per heavy atom. The van der Waals surface area contributed by atoms with Crippen LogP contribution in [-0.2, 0) is 11.2 Å². The molecule has 2 heterocycles. The van der Waals surface area contributed by atoms with Gasteiger partial charge in [-0.05, 0) is 42.3 Å². The highest BCUT2D eigenvalue weighted by Crippen LogP contribution is 2.31. The van der Waals surface area contributed by atoms with E-state index in [-0.39, 0.29) is 23.7 Å². The standard InChI is InChI=1S/C21H20ClF2NO3/c22-15-1-3-19-13(10-15)9-14(12-27-19)21(26)25-7-5-17(6-8-25)28-20-4-2-16(23)11-18(20)24/h1-4,10-11,14,17H,5-9,12H2. The summed E-state index contributed by atoms with van der Waals surface area (Å²) in [5.74, 6) is -0.713. The minimum atomic E-state index is -0.713. The van der Waals surface area contributed by atoms with Crippen molar-refractivity contribution >= 4 is 17.5 Å². The molecule has 4 rings (SSSR count). The van der Waals surface area contributed by atoms with Crippen molar-refractivity contribution in [1.82, 2.24) is 4.90 Å². The van der Waals surface area contributed by atoms with E-state index in [2.05, 4.69) is 0 Å². The van der Waals surface area contributed by atoms with Crippen LogP contribution in [0, 0.1) is 17.6 Å². The lowest BCUT2D eigenvalue weighted by molar-refractivity contribution is -0.138. The van der Waals surface area contributed by atoms with Gasteiger partial charge in [0.25, 0.3) is 0 Å². The zero-order valence-corrected chi connectivity index (χ0v) is 15.9. The summed E-state index contributed by atoms with van der Waals surface area (Å²) >= 11 is 6.04. The van der Waals surface area contributed by atoms with Crippen molar-refractivity contribution in [2.45, 2.75) is 25.4 Å². The normalized spacial score (nSPS) is 19.7. The van der Waals surface area contributed by atoms with Crippen LogP contribution in [0.15, 0.2) is 36.4 Å². The van der Waals surface area contributed by atoms with Gasteiger partial charge in [-0.25, -0.2) is 8.78 Å². The molecule has 0 aliphatic carbocycles. The van der Waals surface area contributed by atoms with Crippen LogP contribution in [0.5, 0.6) is 11.5 Å². The van der Waals surface area contributed by atoms with Crippen LogP contribution in [0.1, 0.15) is 18.4 Å². The second-order valence-corrected chi connectivity index (χ2v) is 7.62. The molecule has 7 heteroatoms. The summed E-state index contributed by atoms with van der Waals surface area (Å²) in [5.41, 5.74) is 0.946. The third kappa shape index (κ3) is 4.07. The summed E-state index contributed by atoms with van der Waals surface area (Å²) in [7, 11) is 0. The number of carbonyl (C=O) groups excluding carboxylic acids is 1. The number of piperidine rings is 1. The summed E-state index contributed by atoms with van der Waals surface area (Å²) in [6, 6.07) is 8.72. The van der Waals surface area contributed by atoms with Gasteiger partial charge in [0.2, 0.25) is 5.91 Å². The average Bonchev–Trinajstić information content (AvgIpc) is 2.69. The van der Waals surface area contributed by atoms with Crippen molar-refractivity contribution in [2.75, 3.05) is 19.7 Å². The molecule has 2 aliphatic rings. The molecule has 0 saturated carbocycles. The van der Waals surface area contributed by atoms with Gasteiger partial charge in [0.1, 0.15) is 24.3 Å². The number of carbonyl (C=O) groups is 1. The predicted octanol–water partition coefficient (Wildman–Crippen LogP) is 4.24. The average molecular weight is 408 g/mol. The summed E-state index contributed by atoms with van der Waals surface area (Å²) in [6.07, 6.45) is 1.59. The van der Waals surface area contributed by atoms with E-state index in [1.165, 1.54) is 12.1 Å². The van der Waals surface area contributed by atoms with E-state index >= 15 is 0 Å². The van der Waals surface area contributed by atoms with Crippen molar-refractivity contribution in [3.05, 3.63) is 58.6 Å². The lowest BCUT2D eigenvalue weighted by Crippen LogP contribution is -2.46. The fourth-order valence-corrected chi connectivity index (χ4v) is 3.92. The summed E-state index contributed by atoms with van der Waals surface area (Å²) in [4.78, 5) is 14.7. The fourth-order valence-electron chi connectivity index (χ4n) is 3.72. The van der Waals surface area contributed by atoms with Crippen molar-refractivity contribution in [3.8, 4) is 11.5 Å². The molecular weight excluding hydrogens is 388 g/mol. The fraction of sp³-hybridized carbons (Fsp3) is 0.381. The molecule has 2 aromatic rings. The maximum Gasteiger partial charge on any atom is 0.229 e. The molecule has 1 unspecified atom stereocenters. The first-order valence-electron chi connectivity index (χ1n) is 9.31. The van der Waals surface area contributed by atoms with Gasteiger partial charge in [-0.1, -0.05) is 11.6 Å². The van der Waals surface area contributed by atoms with E-state index in [0.717, 1.165) is 17.4 Å². The number of rotatable bonds is 3. The highest BCUT2D eigenvalue weighted by atomic mass is 35.5. The van der Waals surface area contributed by atoms with Crippen molar-refractivity contribution in [1.29, 1.82) is 0 Å². The smallest absolute Gasteiger partial charge is 0.229 e. The Bertz CT molecular complexity index is 884. The maximum atomic E-state index is 13.8. The number of halogens is 3. The quantitative estimate of drug-likeness (QED) is 0.764. The zero-order chi connectivity index (χ0) is 19.7. The first-order valence-corrected chi connectivity index (χ1v) is 9.69. The molecule has 0 radical (unpaired) electrons. The molecule has 4 nitrogen and oxygen atoms in total. The number of likely N-dealkylation sites (tertiary alicyclic amines) is 1. The van der Waals surface area contributed by atoms with Crippen molar-refractivity contribution < 1.29 is 23.0 Å². The Labute approximate surface area is 167 Å². The first kappa shape index (κ1) is 19.0. The largest absolute Gasteiger partial charge is 0.492 e. The lowest BCUT2D eigenvalue weighted by atomic mass is 9.94. The van der Waals surface area contributed by atoms with E-state index in [1.807, 2.05) is 17.0 Å².